The van der Waals surface area contributed by atoms with Gasteiger partial charge in [0, 0.05) is 24.3 Å². The van der Waals surface area contributed by atoms with E-state index in [1.54, 1.807) is 39.8 Å². The predicted molar refractivity (Wildman–Crippen MR) is 225 cm³/mol. The van der Waals surface area contributed by atoms with Crippen LogP contribution in [0.3, 0.4) is 0 Å². The zero-order valence-corrected chi connectivity index (χ0v) is 37.2. The highest BCUT2D eigenvalue weighted by atomic mass is 32.2. The topological polar surface area (TPSA) is 195 Å². The van der Waals surface area contributed by atoms with Crippen LogP contribution in [-0.2, 0) is 35.6 Å². The maximum Gasteiger partial charge on any atom is 0.408 e. The van der Waals surface area contributed by atoms with Crippen molar-refractivity contribution >= 4 is 44.9 Å². The van der Waals surface area contributed by atoms with Crippen molar-refractivity contribution in [3.05, 3.63) is 36.5 Å². The third-order valence-electron chi connectivity index (χ3n) is 13.9. The van der Waals surface area contributed by atoms with Gasteiger partial charge < -0.3 is 29.7 Å². The Kier molecular flexibility index (Phi) is 12.6. The minimum atomic E-state index is -4.20. The van der Waals surface area contributed by atoms with Gasteiger partial charge in [0.25, 0.3) is 5.91 Å². The Morgan fingerprint density at radius 2 is 1.82 bits per heavy atom. The molecule has 3 saturated carbocycles. The van der Waals surface area contributed by atoms with Gasteiger partial charge in [0.1, 0.15) is 41.3 Å². The molecular formula is C44H60F2N6O9S. The highest BCUT2D eigenvalue weighted by Gasteiger charge is 2.65. The zero-order chi connectivity index (χ0) is 44.9. The number of amides is 4. The fourth-order valence-corrected chi connectivity index (χ4v) is 10.9. The molecular weight excluding hydrogens is 827 g/mol. The van der Waals surface area contributed by atoms with Crippen molar-refractivity contribution in [3.8, 4) is 11.6 Å². The first-order valence-electron chi connectivity index (χ1n) is 21.8. The Labute approximate surface area is 361 Å². The van der Waals surface area contributed by atoms with Crippen LogP contribution in [0.2, 0.25) is 0 Å². The number of aromatic nitrogens is 2. The lowest BCUT2D eigenvalue weighted by molar-refractivity contribution is -0.143. The van der Waals surface area contributed by atoms with E-state index in [0.717, 1.165) is 32.1 Å². The summed E-state index contributed by atoms with van der Waals surface area (Å²) in [6.07, 6.45) is 1.85. The molecule has 1 saturated heterocycles. The van der Waals surface area contributed by atoms with Gasteiger partial charge in [0.05, 0.1) is 29.4 Å². The summed E-state index contributed by atoms with van der Waals surface area (Å²) in [7, 11) is -2.66. The number of hydrogen-bond acceptors (Lipinski definition) is 11. The lowest BCUT2D eigenvalue weighted by atomic mass is 9.85. The minimum absolute atomic E-state index is 0.0338. The lowest BCUT2D eigenvalue weighted by Gasteiger charge is -2.36. The number of aryl methyl sites for hydroxylation is 1. The summed E-state index contributed by atoms with van der Waals surface area (Å²) in [5, 5.41) is 5.48. The van der Waals surface area contributed by atoms with E-state index < -0.39 is 98.5 Å². The average molecular weight is 887 g/mol. The second kappa shape index (κ2) is 17.2. The number of carbonyl (C=O) groups is 4. The summed E-state index contributed by atoms with van der Waals surface area (Å²) in [5.41, 5.74) is -1.19. The van der Waals surface area contributed by atoms with Crippen LogP contribution in [-0.4, -0.2) is 102 Å². The molecule has 15 nitrogen and oxygen atoms in total. The van der Waals surface area contributed by atoms with Crippen LogP contribution in [0.4, 0.5) is 13.6 Å². The van der Waals surface area contributed by atoms with Gasteiger partial charge in [-0.15, -0.1) is 6.58 Å². The Bertz CT molecular complexity index is 2200. The maximum atomic E-state index is 15.0. The van der Waals surface area contributed by atoms with E-state index in [-0.39, 0.29) is 30.7 Å². The lowest BCUT2D eigenvalue weighted by Crippen LogP contribution is -2.61. The van der Waals surface area contributed by atoms with Crippen molar-refractivity contribution in [2.45, 2.75) is 146 Å². The third kappa shape index (κ3) is 9.07. The van der Waals surface area contributed by atoms with Crippen molar-refractivity contribution in [1.82, 2.24) is 30.2 Å². The molecule has 0 spiro atoms. The molecule has 2 bridgehead atoms. The van der Waals surface area contributed by atoms with Crippen LogP contribution in [0.15, 0.2) is 30.9 Å². The molecule has 3 N–H and O–H groups in total. The molecule has 0 radical (unpaired) electrons. The van der Waals surface area contributed by atoms with E-state index >= 15 is 4.79 Å². The predicted octanol–water partition coefficient (Wildman–Crippen LogP) is 5.60. The summed E-state index contributed by atoms with van der Waals surface area (Å²) < 4.78 is 73.1. The Hall–Kier alpha value is -4.61. The third-order valence-corrected chi connectivity index (χ3v) is 16.0. The molecule has 2 aliphatic heterocycles. The van der Waals surface area contributed by atoms with Gasteiger partial charge in [-0.3, -0.25) is 19.1 Å². The van der Waals surface area contributed by atoms with E-state index in [1.807, 2.05) is 12.1 Å². The Morgan fingerprint density at radius 3 is 2.48 bits per heavy atom. The van der Waals surface area contributed by atoms with Crippen LogP contribution >= 0.6 is 0 Å². The molecule has 18 heteroatoms. The number of rotatable bonds is 9. The number of alkyl carbamates (subject to hydrolysis) is 1. The quantitative estimate of drug-likeness (QED) is 0.266. The summed E-state index contributed by atoms with van der Waals surface area (Å²) >= 11 is 0. The van der Waals surface area contributed by atoms with Crippen molar-refractivity contribution in [2.75, 3.05) is 13.7 Å². The van der Waals surface area contributed by atoms with Gasteiger partial charge in [-0.25, -0.2) is 32.0 Å². The van der Waals surface area contributed by atoms with Gasteiger partial charge in [-0.05, 0) is 87.7 Å². The van der Waals surface area contributed by atoms with Gasteiger partial charge >= 0.3 is 6.09 Å². The van der Waals surface area contributed by atoms with Crippen molar-refractivity contribution in [2.24, 2.45) is 29.1 Å². The fourth-order valence-electron chi connectivity index (χ4n) is 9.54. The Morgan fingerprint density at radius 1 is 1.08 bits per heavy atom. The van der Waals surface area contributed by atoms with E-state index in [1.165, 1.54) is 18.9 Å². The van der Waals surface area contributed by atoms with Crippen LogP contribution in [0.25, 0.3) is 11.0 Å². The summed E-state index contributed by atoms with van der Waals surface area (Å²) in [6.45, 7) is 12.3. The summed E-state index contributed by atoms with van der Waals surface area (Å²) in [5.74, 6) is -3.54. The van der Waals surface area contributed by atoms with E-state index in [0.29, 0.717) is 48.2 Å². The van der Waals surface area contributed by atoms with Crippen molar-refractivity contribution in [3.63, 3.8) is 0 Å². The number of sulfonamides is 1. The first kappa shape index (κ1) is 45.4. The maximum absolute atomic E-state index is 15.0. The minimum Gasteiger partial charge on any atom is -0.497 e. The molecule has 2 aromatic rings. The fraction of sp³-hybridized carbons (Fsp3) is 0.682. The number of carbonyl (C=O) groups excluding carboxylic acids is 4. The molecule has 62 heavy (non-hydrogen) atoms. The molecule has 1 aromatic carbocycles. The first-order chi connectivity index (χ1) is 29.2. The average Bonchev–Trinajstić information content (AvgIpc) is 4.04. The van der Waals surface area contributed by atoms with Crippen LogP contribution < -0.4 is 24.8 Å². The molecule has 0 unspecified atom stereocenters. The largest absolute Gasteiger partial charge is 0.497 e. The molecule has 340 valence electrons. The van der Waals surface area contributed by atoms with E-state index in [4.69, 9.17) is 24.2 Å². The number of benzene rings is 1. The first-order valence-corrected chi connectivity index (χ1v) is 23.3. The smallest absolute Gasteiger partial charge is 0.408 e. The summed E-state index contributed by atoms with van der Waals surface area (Å²) in [6, 6.07) is 2.75. The van der Waals surface area contributed by atoms with E-state index in [2.05, 4.69) is 21.9 Å². The number of allylic oxidation sites excluding steroid dienone is 1. The van der Waals surface area contributed by atoms with Gasteiger partial charge in [-0.2, -0.15) is 0 Å². The molecule has 3 heterocycles. The second-order valence-electron chi connectivity index (χ2n) is 19.3. The van der Waals surface area contributed by atoms with E-state index in [9.17, 15) is 31.6 Å². The number of halogens is 2. The van der Waals surface area contributed by atoms with Gasteiger partial charge in [-0.1, -0.05) is 46.6 Å². The second-order valence-corrected chi connectivity index (χ2v) is 21.5. The number of alkyl halides is 2. The highest BCUT2D eigenvalue weighted by Crippen LogP contribution is 2.49. The molecule has 9 atom stereocenters. The van der Waals surface area contributed by atoms with Crippen molar-refractivity contribution in [1.29, 1.82) is 0 Å². The summed E-state index contributed by atoms with van der Waals surface area (Å²) in [4.78, 5) is 68.5. The highest BCUT2D eigenvalue weighted by molar-refractivity contribution is 7.91. The zero-order valence-electron chi connectivity index (χ0n) is 36.4. The number of methoxy groups -OCH3 is 1. The number of hydrogen-bond donors (Lipinski definition) is 3. The molecule has 4 fully saturated rings. The molecule has 1 aromatic heterocycles. The number of fused-ring (bicyclic) bond motifs is 5. The molecule has 3 aliphatic carbocycles. The molecule has 5 aliphatic rings. The number of ether oxygens (including phenoxy) is 3. The monoisotopic (exact) mass is 886 g/mol. The van der Waals surface area contributed by atoms with Crippen LogP contribution in [0, 0.1) is 29.1 Å². The number of nitrogens with zero attached hydrogens (tertiary/aromatic N) is 3. The Balaban J connectivity index is 1.27. The van der Waals surface area contributed by atoms with Gasteiger partial charge in [0.15, 0.2) is 0 Å². The number of nitrogens with one attached hydrogen (secondary N) is 3. The van der Waals surface area contributed by atoms with Crippen LogP contribution in [0.1, 0.15) is 105 Å². The van der Waals surface area contributed by atoms with Crippen molar-refractivity contribution < 1.29 is 50.6 Å². The standard InChI is InChI=1S/C44H60F2N6O9S/c1-8-25-14-17-32-28(25)12-10-9-11-13-30-38(48-31-21-27(59-7)15-16-29(31)47-30)60-33-23-52(39(54)36(42(3,4)5)49-41(56)61-32)35(24(33)2)37(53)50-44(22-26(44)20-34(45)46)40(55)51-62(57,58)43(6)18-19-43/h8,15-16,21,24-26,28,32-36H,1,9-14,17-20,22-23H2,2-7H3,(H,49,56)(H,50,53)(H,51,55)/t24-,25+,26-,28-,32-,33+,35+,36-,44-/m1/s1. The van der Waals surface area contributed by atoms with Crippen LogP contribution in [0.5, 0.6) is 11.6 Å². The molecule has 7 rings (SSSR count). The normalized spacial score (nSPS) is 31.3. The SMILES string of the molecule is C=C[C@H]1CC[C@H]2OC(=O)N[C@@H](C(C)(C)C)C(=O)N3C[C@H](Oc4nc5cc(OC)ccc5nc4CCCCC[C@H]12)[C@@H](C)[C@H]3C(=O)N[C@]1(C(=O)NS(=O)(=O)C2(C)CC2)C[C@H]1CC(F)F. The van der Waals surface area contributed by atoms with Gasteiger partial charge in [0.2, 0.25) is 34.1 Å². The molecule has 4 amide bonds.